The van der Waals surface area contributed by atoms with Crippen molar-refractivity contribution in [1.29, 1.82) is 0 Å². The number of nitrogens with two attached hydrogens (primary N) is 2. The number of anilines is 1. The standard InChI is InChI=1S/C39H35N3/c1-26-9-5-6-12-29(26)23-32-24-30(17-21-36(32)40)31-18-22-38-35(25-31)34-13-7-8-14-37(34)42(38)33-19-15-28(16-20-33)39(41)27-10-3-2-4-11-27/h2-7,9-13,15-22,24-25,39H,8,14,23,40-41H2,1H3. The molecule has 1 aromatic heterocycles. The van der Waals surface area contributed by atoms with E-state index in [2.05, 4.69) is 121 Å². The lowest BCUT2D eigenvalue weighted by molar-refractivity contribution is 0.865. The largest absolute Gasteiger partial charge is 0.398 e. The molecule has 5 aromatic carbocycles. The zero-order valence-corrected chi connectivity index (χ0v) is 23.9. The van der Waals surface area contributed by atoms with Gasteiger partial charge in [-0.05, 0) is 102 Å². The Morgan fingerprint density at radius 3 is 2.26 bits per heavy atom. The number of allylic oxidation sites excluding steroid dienone is 1. The molecular formula is C39H35N3. The number of aryl methyl sites for hydroxylation is 1. The number of aromatic nitrogens is 1. The first-order chi connectivity index (χ1) is 20.6. The van der Waals surface area contributed by atoms with Gasteiger partial charge in [0.25, 0.3) is 0 Å². The van der Waals surface area contributed by atoms with Gasteiger partial charge < -0.3 is 16.0 Å². The Balaban J connectivity index is 1.27. The molecule has 0 aliphatic heterocycles. The summed E-state index contributed by atoms with van der Waals surface area (Å²) >= 11 is 0. The van der Waals surface area contributed by atoms with Gasteiger partial charge >= 0.3 is 0 Å². The average Bonchev–Trinajstić information content (AvgIpc) is 3.37. The zero-order chi connectivity index (χ0) is 28.6. The summed E-state index contributed by atoms with van der Waals surface area (Å²) in [7, 11) is 0. The molecule has 0 spiro atoms. The van der Waals surface area contributed by atoms with Crippen molar-refractivity contribution in [2.24, 2.45) is 5.73 Å². The molecule has 7 rings (SSSR count). The van der Waals surface area contributed by atoms with Gasteiger partial charge in [-0.25, -0.2) is 0 Å². The first kappa shape index (κ1) is 26.1. The number of benzene rings is 5. The van der Waals surface area contributed by atoms with Gasteiger partial charge in [0.2, 0.25) is 0 Å². The predicted molar refractivity (Wildman–Crippen MR) is 177 cm³/mol. The highest BCUT2D eigenvalue weighted by molar-refractivity contribution is 5.96. The summed E-state index contributed by atoms with van der Waals surface area (Å²) in [5, 5.41) is 1.28. The molecule has 0 fully saturated rings. The topological polar surface area (TPSA) is 57.0 Å². The van der Waals surface area contributed by atoms with Crippen molar-refractivity contribution in [3.8, 4) is 16.8 Å². The van der Waals surface area contributed by atoms with Crippen LogP contribution in [0, 0.1) is 6.92 Å². The lowest BCUT2D eigenvalue weighted by Crippen LogP contribution is -2.11. The molecule has 0 radical (unpaired) electrons. The molecule has 0 saturated carbocycles. The third-order valence-electron chi connectivity index (χ3n) is 8.73. The molecule has 1 heterocycles. The minimum atomic E-state index is -0.142. The number of nitrogen functional groups attached to an aromatic ring is 1. The molecule has 0 amide bonds. The maximum atomic E-state index is 6.60. The summed E-state index contributed by atoms with van der Waals surface area (Å²) in [6.45, 7) is 2.16. The van der Waals surface area contributed by atoms with Crippen molar-refractivity contribution in [3.05, 3.63) is 160 Å². The molecule has 1 unspecified atom stereocenters. The van der Waals surface area contributed by atoms with E-state index < -0.39 is 0 Å². The first-order valence-corrected chi connectivity index (χ1v) is 14.7. The molecule has 3 heteroatoms. The van der Waals surface area contributed by atoms with E-state index in [1.807, 2.05) is 18.2 Å². The lowest BCUT2D eigenvalue weighted by Gasteiger charge is -2.16. The van der Waals surface area contributed by atoms with Crippen LogP contribution in [0.1, 0.15) is 51.5 Å². The summed E-state index contributed by atoms with van der Waals surface area (Å²) in [6.07, 6.45) is 7.49. The van der Waals surface area contributed by atoms with Crippen LogP contribution in [0.15, 0.2) is 121 Å². The van der Waals surface area contributed by atoms with Crippen LogP contribution in [0.5, 0.6) is 0 Å². The second-order valence-electron chi connectivity index (χ2n) is 11.4. The van der Waals surface area contributed by atoms with Gasteiger partial charge in [-0.3, -0.25) is 0 Å². The van der Waals surface area contributed by atoms with E-state index in [4.69, 9.17) is 11.5 Å². The summed E-state index contributed by atoms with van der Waals surface area (Å²) < 4.78 is 2.43. The maximum absolute atomic E-state index is 6.60. The van der Waals surface area contributed by atoms with Gasteiger partial charge in [0.1, 0.15) is 0 Å². The predicted octanol–water partition coefficient (Wildman–Crippen LogP) is 8.79. The quantitative estimate of drug-likeness (QED) is 0.206. The summed E-state index contributed by atoms with van der Waals surface area (Å²) in [4.78, 5) is 0. The van der Waals surface area contributed by atoms with Crippen LogP contribution in [0.4, 0.5) is 5.69 Å². The number of hydrogen-bond acceptors (Lipinski definition) is 2. The van der Waals surface area contributed by atoms with E-state index >= 15 is 0 Å². The van der Waals surface area contributed by atoms with Crippen LogP contribution < -0.4 is 11.5 Å². The van der Waals surface area contributed by atoms with E-state index in [0.717, 1.165) is 41.6 Å². The van der Waals surface area contributed by atoms with Crippen molar-refractivity contribution in [2.45, 2.75) is 32.2 Å². The number of nitrogens with zero attached hydrogens (tertiary/aromatic N) is 1. The molecule has 0 bridgehead atoms. The fraction of sp³-hybridized carbons (Fsp3) is 0.128. The molecule has 1 aliphatic carbocycles. The smallest absolute Gasteiger partial charge is 0.0551 e. The fourth-order valence-electron chi connectivity index (χ4n) is 6.33. The first-order valence-electron chi connectivity index (χ1n) is 14.7. The number of hydrogen-bond donors (Lipinski definition) is 2. The Kier molecular flexibility index (Phi) is 6.73. The minimum Gasteiger partial charge on any atom is -0.398 e. The molecule has 206 valence electrons. The minimum absolute atomic E-state index is 0.142. The Morgan fingerprint density at radius 1 is 0.738 bits per heavy atom. The highest BCUT2D eigenvalue weighted by atomic mass is 15.0. The highest BCUT2D eigenvalue weighted by Crippen LogP contribution is 2.37. The van der Waals surface area contributed by atoms with Crippen molar-refractivity contribution in [3.63, 3.8) is 0 Å². The maximum Gasteiger partial charge on any atom is 0.0551 e. The zero-order valence-electron chi connectivity index (χ0n) is 23.9. The monoisotopic (exact) mass is 545 g/mol. The van der Waals surface area contributed by atoms with Crippen LogP contribution in [-0.4, -0.2) is 4.57 Å². The Labute approximate surface area is 247 Å². The lowest BCUT2D eigenvalue weighted by atomic mass is 9.94. The van der Waals surface area contributed by atoms with Crippen LogP contribution in [0.2, 0.25) is 0 Å². The highest BCUT2D eigenvalue weighted by Gasteiger charge is 2.20. The Hall–Kier alpha value is -4.86. The Morgan fingerprint density at radius 2 is 1.45 bits per heavy atom. The van der Waals surface area contributed by atoms with Crippen LogP contribution in [0.3, 0.4) is 0 Å². The molecule has 0 saturated heterocycles. The van der Waals surface area contributed by atoms with E-state index in [1.165, 1.54) is 50.1 Å². The van der Waals surface area contributed by atoms with E-state index in [-0.39, 0.29) is 6.04 Å². The Bertz CT molecular complexity index is 1930. The molecule has 6 aromatic rings. The molecule has 3 nitrogen and oxygen atoms in total. The van der Waals surface area contributed by atoms with Gasteiger partial charge in [0.05, 0.1) is 11.6 Å². The van der Waals surface area contributed by atoms with Crippen LogP contribution in [-0.2, 0) is 12.8 Å². The van der Waals surface area contributed by atoms with Gasteiger partial charge in [-0.2, -0.15) is 0 Å². The van der Waals surface area contributed by atoms with Crippen LogP contribution >= 0.6 is 0 Å². The molecule has 1 aliphatic rings. The van der Waals surface area contributed by atoms with E-state index in [0.29, 0.717) is 0 Å². The molecule has 1 atom stereocenters. The van der Waals surface area contributed by atoms with Crippen LogP contribution in [0.25, 0.3) is 33.8 Å². The molecule has 42 heavy (non-hydrogen) atoms. The third kappa shape index (κ3) is 4.72. The SMILES string of the molecule is Cc1ccccc1Cc1cc(-c2ccc3c(c2)c2c(n3-c3ccc(C(N)c4ccccc4)cc3)CCC=C2)ccc1N. The van der Waals surface area contributed by atoms with E-state index in [9.17, 15) is 0 Å². The second kappa shape index (κ2) is 10.8. The molecule has 4 N–H and O–H groups in total. The van der Waals surface area contributed by atoms with Gasteiger partial charge in [-0.15, -0.1) is 0 Å². The normalized spacial score (nSPS) is 13.3. The summed E-state index contributed by atoms with van der Waals surface area (Å²) in [6, 6.07) is 40.8. The second-order valence-corrected chi connectivity index (χ2v) is 11.4. The van der Waals surface area contributed by atoms with Gasteiger partial charge in [-0.1, -0.05) is 91.0 Å². The summed E-state index contributed by atoms with van der Waals surface area (Å²) in [5.74, 6) is 0. The fourth-order valence-corrected chi connectivity index (χ4v) is 6.33. The van der Waals surface area contributed by atoms with Gasteiger partial charge in [0, 0.05) is 28.0 Å². The van der Waals surface area contributed by atoms with Crippen molar-refractivity contribution >= 4 is 22.7 Å². The number of rotatable bonds is 6. The van der Waals surface area contributed by atoms with Gasteiger partial charge in [0.15, 0.2) is 0 Å². The molecular weight excluding hydrogens is 510 g/mol. The van der Waals surface area contributed by atoms with Crippen molar-refractivity contribution in [1.82, 2.24) is 4.57 Å². The third-order valence-corrected chi connectivity index (χ3v) is 8.73. The van der Waals surface area contributed by atoms with Crippen molar-refractivity contribution < 1.29 is 0 Å². The van der Waals surface area contributed by atoms with Crippen molar-refractivity contribution in [2.75, 3.05) is 5.73 Å². The average molecular weight is 546 g/mol. The van der Waals surface area contributed by atoms with E-state index in [1.54, 1.807) is 0 Å². The number of fused-ring (bicyclic) bond motifs is 3. The summed E-state index contributed by atoms with van der Waals surface area (Å²) in [5.41, 5.74) is 27.4.